The van der Waals surface area contributed by atoms with Crippen LogP contribution in [0.15, 0.2) is 54.7 Å². The highest BCUT2D eigenvalue weighted by molar-refractivity contribution is 5.85. The molecule has 0 saturated heterocycles. The van der Waals surface area contributed by atoms with Gasteiger partial charge in [0, 0.05) is 42.4 Å². The fourth-order valence-electron chi connectivity index (χ4n) is 3.50. The van der Waals surface area contributed by atoms with E-state index >= 15 is 0 Å². The molecule has 0 bridgehead atoms. The zero-order valence-corrected chi connectivity index (χ0v) is 11.9. The molecule has 20 heavy (non-hydrogen) atoms. The summed E-state index contributed by atoms with van der Waals surface area (Å²) in [5.74, 6) is 0. The Labute approximate surface area is 119 Å². The standard InChI is InChI=1S/C18H18N2/c1-19-12-15(14-8-4-6-10-17(14)19)18-11-13-7-3-5-9-16(13)20(18)2/h3-10,12,18H,11H2,1-2H3/t18-/m1/s1. The van der Waals surface area contributed by atoms with Crippen molar-refractivity contribution >= 4 is 16.6 Å². The first-order valence-corrected chi connectivity index (χ1v) is 7.10. The molecule has 0 aliphatic carbocycles. The van der Waals surface area contributed by atoms with Gasteiger partial charge in [-0.1, -0.05) is 36.4 Å². The summed E-state index contributed by atoms with van der Waals surface area (Å²) in [5.41, 5.74) is 5.56. The van der Waals surface area contributed by atoms with Crippen LogP contribution in [0.2, 0.25) is 0 Å². The van der Waals surface area contributed by atoms with Crippen LogP contribution in [-0.2, 0) is 13.5 Å². The van der Waals surface area contributed by atoms with Crippen LogP contribution in [0, 0.1) is 0 Å². The number of aryl methyl sites for hydroxylation is 1. The second-order valence-electron chi connectivity index (χ2n) is 5.67. The van der Waals surface area contributed by atoms with Gasteiger partial charge in [0.05, 0.1) is 6.04 Å². The molecule has 1 aliphatic heterocycles. The number of aromatic nitrogens is 1. The SMILES string of the molecule is CN1c2ccccc2C[C@@H]1c1cn(C)c2ccccc12. The van der Waals surface area contributed by atoms with E-state index in [1.165, 1.54) is 27.7 Å². The second kappa shape index (κ2) is 4.14. The molecule has 2 aromatic carbocycles. The average molecular weight is 262 g/mol. The van der Waals surface area contributed by atoms with E-state index in [0.717, 1.165) is 6.42 Å². The lowest BCUT2D eigenvalue weighted by molar-refractivity contribution is 0.717. The Morgan fingerprint density at radius 1 is 0.950 bits per heavy atom. The van der Waals surface area contributed by atoms with Gasteiger partial charge in [0.1, 0.15) is 0 Å². The first-order valence-electron chi connectivity index (χ1n) is 7.10. The molecule has 2 heterocycles. The van der Waals surface area contributed by atoms with Crippen molar-refractivity contribution in [2.75, 3.05) is 11.9 Å². The van der Waals surface area contributed by atoms with E-state index < -0.39 is 0 Å². The Balaban J connectivity index is 1.86. The zero-order chi connectivity index (χ0) is 13.7. The quantitative estimate of drug-likeness (QED) is 0.645. The van der Waals surface area contributed by atoms with E-state index in [0.29, 0.717) is 6.04 Å². The van der Waals surface area contributed by atoms with Crippen molar-refractivity contribution in [3.63, 3.8) is 0 Å². The van der Waals surface area contributed by atoms with Gasteiger partial charge in [-0.05, 0) is 24.1 Å². The monoisotopic (exact) mass is 262 g/mol. The number of benzene rings is 2. The lowest BCUT2D eigenvalue weighted by atomic mass is 10.0. The number of anilines is 1. The summed E-state index contributed by atoms with van der Waals surface area (Å²) in [6.07, 6.45) is 3.39. The molecule has 3 aromatic rings. The summed E-state index contributed by atoms with van der Waals surface area (Å²) in [7, 11) is 4.34. The number of rotatable bonds is 1. The van der Waals surface area contributed by atoms with Gasteiger partial charge < -0.3 is 9.47 Å². The van der Waals surface area contributed by atoms with Crippen molar-refractivity contribution in [2.45, 2.75) is 12.5 Å². The van der Waals surface area contributed by atoms with Crippen LogP contribution in [0.1, 0.15) is 17.2 Å². The second-order valence-corrected chi connectivity index (χ2v) is 5.67. The summed E-state index contributed by atoms with van der Waals surface area (Å²) in [6.45, 7) is 0. The van der Waals surface area contributed by atoms with E-state index in [4.69, 9.17) is 0 Å². The maximum Gasteiger partial charge on any atom is 0.0601 e. The number of likely N-dealkylation sites (N-methyl/N-ethyl adjacent to an activating group) is 1. The third kappa shape index (κ3) is 1.51. The van der Waals surface area contributed by atoms with E-state index in [9.17, 15) is 0 Å². The smallest absolute Gasteiger partial charge is 0.0601 e. The normalized spacial score (nSPS) is 17.7. The largest absolute Gasteiger partial charge is 0.367 e. The van der Waals surface area contributed by atoms with Crippen LogP contribution in [0.4, 0.5) is 5.69 Å². The van der Waals surface area contributed by atoms with Gasteiger partial charge in [-0.25, -0.2) is 0 Å². The minimum atomic E-state index is 0.443. The van der Waals surface area contributed by atoms with E-state index in [1.54, 1.807) is 0 Å². The number of hydrogen-bond donors (Lipinski definition) is 0. The molecule has 0 saturated carbocycles. The van der Waals surface area contributed by atoms with Crippen molar-refractivity contribution in [2.24, 2.45) is 7.05 Å². The number of nitrogens with zero attached hydrogens (tertiary/aromatic N) is 2. The highest BCUT2D eigenvalue weighted by Gasteiger charge is 2.29. The molecule has 0 unspecified atom stereocenters. The first-order chi connectivity index (χ1) is 9.75. The summed E-state index contributed by atoms with van der Waals surface area (Å²) in [5, 5.41) is 1.37. The van der Waals surface area contributed by atoms with E-state index in [1.807, 2.05) is 0 Å². The van der Waals surface area contributed by atoms with Crippen molar-refractivity contribution < 1.29 is 0 Å². The first kappa shape index (κ1) is 11.6. The Morgan fingerprint density at radius 3 is 2.55 bits per heavy atom. The summed E-state index contributed by atoms with van der Waals surface area (Å²) in [4.78, 5) is 2.41. The summed E-state index contributed by atoms with van der Waals surface area (Å²) >= 11 is 0. The summed E-state index contributed by atoms with van der Waals surface area (Å²) < 4.78 is 2.24. The van der Waals surface area contributed by atoms with Crippen molar-refractivity contribution in [1.29, 1.82) is 0 Å². The molecule has 0 N–H and O–H groups in total. The van der Waals surface area contributed by atoms with Crippen molar-refractivity contribution in [3.05, 3.63) is 65.9 Å². The maximum absolute atomic E-state index is 2.41. The minimum Gasteiger partial charge on any atom is -0.367 e. The van der Waals surface area contributed by atoms with Crippen LogP contribution in [-0.4, -0.2) is 11.6 Å². The van der Waals surface area contributed by atoms with Gasteiger partial charge in [-0.2, -0.15) is 0 Å². The maximum atomic E-state index is 2.41. The van der Waals surface area contributed by atoms with Crippen molar-refractivity contribution in [1.82, 2.24) is 4.57 Å². The summed E-state index contributed by atoms with van der Waals surface area (Å²) in [6, 6.07) is 17.9. The molecule has 0 spiro atoms. The Morgan fingerprint density at radius 2 is 1.70 bits per heavy atom. The van der Waals surface area contributed by atoms with E-state index in [-0.39, 0.29) is 0 Å². The van der Waals surface area contributed by atoms with E-state index in [2.05, 4.69) is 78.3 Å². The predicted molar refractivity (Wildman–Crippen MR) is 84.2 cm³/mol. The van der Waals surface area contributed by atoms with Gasteiger partial charge in [0.2, 0.25) is 0 Å². The van der Waals surface area contributed by atoms with Gasteiger partial charge >= 0.3 is 0 Å². The molecule has 1 aliphatic rings. The van der Waals surface area contributed by atoms with Gasteiger partial charge in [0.15, 0.2) is 0 Å². The molecular weight excluding hydrogens is 244 g/mol. The van der Waals surface area contributed by atoms with Crippen LogP contribution < -0.4 is 4.90 Å². The molecule has 4 rings (SSSR count). The number of para-hydroxylation sites is 2. The minimum absolute atomic E-state index is 0.443. The van der Waals surface area contributed by atoms with Crippen LogP contribution >= 0.6 is 0 Å². The lowest BCUT2D eigenvalue weighted by Crippen LogP contribution is -2.19. The molecule has 0 radical (unpaired) electrons. The number of hydrogen-bond acceptors (Lipinski definition) is 1. The predicted octanol–water partition coefficient (Wildman–Crippen LogP) is 3.91. The van der Waals surface area contributed by atoms with Gasteiger partial charge in [-0.3, -0.25) is 0 Å². The average Bonchev–Trinajstić information content (AvgIpc) is 2.99. The van der Waals surface area contributed by atoms with Crippen LogP contribution in [0.5, 0.6) is 0 Å². The number of fused-ring (bicyclic) bond motifs is 2. The Bertz CT molecular complexity index is 785. The molecule has 1 atom stereocenters. The Hall–Kier alpha value is -2.22. The molecule has 0 fully saturated rings. The van der Waals surface area contributed by atoms with Gasteiger partial charge in [0.25, 0.3) is 0 Å². The molecule has 2 heteroatoms. The molecule has 1 aromatic heterocycles. The highest BCUT2D eigenvalue weighted by atomic mass is 15.2. The third-order valence-electron chi connectivity index (χ3n) is 4.54. The van der Waals surface area contributed by atoms with Crippen LogP contribution in [0.3, 0.4) is 0 Å². The molecular formula is C18H18N2. The van der Waals surface area contributed by atoms with Gasteiger partial charge in [-0.15, -0.1) is 0 Å². The molecule has 100 valence electrons. The fraction of sp³-hybridized carbons (Fsp3) is 0.222. The molecule has 2 nitrogen and oxygen atoms in total. The highest BCUT2D eigenvalue weighted by Crippen LogP contribution is 2.41. The van der Waals surface area contributed by atoms with Crippen LogP contribution in [0.25, 0.3) is 10.9 Å². The fourth-order valence-corrected chi connectivity index (χ4v) is 3.50. The van der Waals surface area contributed by atoms with Crippen molar-refractivity contribution in [3.8, 4) is 0 Å². The lowest BCUT2D eigenvalue weighted by Gasteiger charge is -2.22. The Kier molecular flexibility index (Phi) is 2.40. The molecule has 0 amide bonds. The third-order valence-corrected chi connectivity index (χ3v) is 4.54. The zero-order valence-electron chi connectivity index (χ0n) is 11.9. The topological polar surface area (TPSA) is 8.17 Å².